The standard InChI is InChI=1S/C14H21N5/c1-4-8-19-14(13(15)11(3)18-19)17-10(2)12-6-5-7-16-9-12/h5-7,9-10,17H,4,8,15H2,1-3H3. The van der Waals surface area contributed by atoms with Gasteiger partial charge in [-0.15, -0.1) is 0 Å². The quantitative estimate of drug-likeness (QED) is 0.866. The van der Waals surface area contributed by atoms with Gasteiger partial charge in [0.2, 0.25) is 0 Å². The zero-order valence-corrected chi connectivity index (χ0v) is 11.7. The summed E-state index contributed by atoms with van der Waals surface area (Å²) in [4.78, 5) is 4.14. The van der Waals surface area contributed by atoms with Crippen LogP contribution in [0.3, 0.4) is 0 Å². The molecule has 2 aromatic rings. The predicted molar refractivity (Wildman–Crippen MR) is 77.9 cm³/mol. The third kappa shape index (κ3) is 2.86. The van der Waals surface area contributed by atoms with E-state index in [2.05, 4.69) is 29.2 Å². The third-order valence-corrected chi connectivity index (χ3v) is 3.15. The lowest BCUT2D eigenvalue weighted by molar-refractivity contribution is 0.599. The highest BCUT2D eigenvalue weighted by Crippen LogP contribution is 2.26. The lowest BCUT2D eigenvalue weighted by Crippen LogP contribution is -2.13. The van der Waals surface area contributed by atoms with Crippen LogP contribution in [-0.2, 0) is 6.54 Å². The number of hydrogen-bond acceptors (Lipinski definition) is 4. The minimum atomic E-state index is 0.141. The minimum absolute atomic E-state index is 0.141. The molecule has 2 rings (SSSR count). The van der Waals surface area contributed by atoms with Crippen LogP contribution in [0.4, 0.5) is 11.5 Å². The van der Waals surface area contributed by atoms with Gasteiger partial charge in [0, 0.05) is 18.9 Å². The molecule has 0 bridgehead atoms. The van der Waals surface area contributed by atoms with E-state index in [0.717, 1.165) is 35.7 Å². The number of nitrogens with zero attached hydrogens (tertiary/aromatic N) is 3. The largest absolute Gasteiger partial charge is 0.394 e. The Hall–Kier alpha value is -2.04. The molecule has 2 aromatic heterocycles. The van der Waals surface area contributed by atoms with Crippen LogP contribution in [0.15, 0.2) is 24.5 Å². The van der Waals surface area contributed by atoms with E-state index in [4.69, 9.17) is 5.73 Å². The van der Waals surface area contributed by atoms with Crippen molar-refractivity contribution in [3.63, 3.8) is 0 Å². The van der Waals surface area contributed by atoms with Gasteiger partial charge in [-0.05, 0) is 31.9 Å². The van der Waals surface area contributed by atoms with Crippen LogP contribution in [0.5, 0.6) is 0 Å². The maximum absolute atomic E-state index is 6.10. The second-order valence-electron chi connectivity index (χ2n) is 4.72. The summed E-state index contributed by atoms with van der Waals surface area (Å²) >= 11 is 0. The van der Waals surface area contributed by atoms with E-state index in [1.165, 1.54) is 0 Å². The molecule has 0 fully saturated rings. The SMILES string of the molecule is CCCn1nc(C)c(N)c1NC(C)c1cccnc1. The molecule has 0 radical (unpaired) electrons. The molecule has 0 amide bonds. The molecule has 0 aliphatic carbocycles. The van der Waals surface area contributed by atoms with Gasteiger partial charge < -0.3 is 11.1 Å². The van der Waals surface area contributed by atoms with E-state index in [1.807, 2.05) is 29.9 Å². The highest BCUT2D eigenvalue weighted by atomic mass is 15.3. The van der Waals surface area contributed by atoms with Crippen LogP contribution in [0, 0.1) is 6.92 Å². The summed E-state index contributed by atoms with van der Waals surface area (Å²) < 4.78 is 1.94. The molecule has 1 atom stereocenters. The molecular formula is C14H21N5. The van der Waals surface area contributed by atoms with Gasteiger partial charge in [0.15, 0.2) is 0 Å². The van der Waals surface area contributed by atoms with E-state index >= 15 is 0 Å². The molecule has 0 saturated carbocycles. The van der Waals surface area contributed by atoms with Gasteiger partial charge in [-0.1, -0.05) is 13.0 Å². The van der Waals surface area contributed by atoms with Crippen LogP contribution in [0.25, 0.3) is 0 Å². The molecule has 3 N–H and O–H groups in total. The molecule has 5 nitrogen and oxygen atoms in total. The van der Waals surface area contributed by atoms with E-state index in [1.54, 1.807) is 6.20 Å². The molecule has 1 unspecified atom stereocenters. The van der Waals surface area contributed by atoms with Crippen LogP contribution in [0.1, 0.15) is 37.6 Å². The van der Waals surface area contributed by atoms with Crippen molar-refractivity contribution >= 4 is 11.5 Å². The molecule has 0 spiro atoms. The first-order valence-electron chi connectivity index (χ1n) is 6.62. The summed E-state index contributed by atoms with van der Waals surface area (Å²) in [6.07, 6.45) is 4.66. The highest BCUT2D eigenvalue weighted by molar-refractivity contribution is 5.65. The van der Waals surface area contributed by atoms with Gasteiger partial charge in [-0.25, -0.2) is 4.68 Å². The number of rotatable bonds is 5. The van der Waals surface area contributed by atoms with Crippen molar-refractivity contribution in [3.8, 4) is 0 Å². The van der Waals surface area contributed by atoms with E-state index in [-0.39, 0.29) is 6.04 Å². The molecule has 19 heavy (non-hydrogen) atoms. The molecular weight excluding hydrogens is 238 g/mol. The first kappa shape index (κ1) is 13.4. The van der Waals surface area contributed by atoms with Crippen molar-refractivity contribution in [2.24, 2.45) is 0 Å². The number of nitrogens with two attached hydrogens (primary N) is 1. The number of nitrogen functional groups attached to an aromatic ring is 1. The Bertz CT molecular complexity index is 532. The van der Waals surface area contributed by atoms with Crippen LogP contribution in [-0.4, -0.2) is 14.8 Å². The maximum Gasteiger partial charge on any atom is 0.148 e. The highest BCUT2D eigenvalue weighted by Gasteiger charge is 2.15. The van der Waals surface area contributed by atoms with E-state index in [9.17, 15) is 0 Å². The Balaban J connectivity index is 2.23. The van der Waals surface area contributed by atoms with Crippen molar-refractivity contribution in [2.75, 3.05) is 11.1 Å². The predicted octanol–water partition coefficient (Wildman–Crippen LogP) is 2.75. The van der Waals surface area contributed by atoms with Crippen LogP contribution >= 0.6 is 0 Å². The van der Waals surface area contributed by atoms with E-state index in [0.29, 0.717) is 0 Å². The first-order chi connectivity index (χ1) is 9.13. The van der Waals surface area contributed by atoms with Gasteiger partial charge in [0.05, 0.1) is 17.4 Å². The molecule has 2 heterocycles. The fourth-order valence-electron chi connectivity index (χ4n) is 2.04. The smallest absolute Gasteiger partial charge is 0.148 e. The summed E-state index contributed by atoms with van der Waals surface area (Å²) in [5.41, 5.74) is 8.82. The number of pyridine rings is 1. The van der Waals surface area contributed by atoms with Gasteiger partial charge in [0.1, 0.15) is 5.82 Å². The molecule has 102 valence electrons. The molecule has 0 aliphatic rings. The second-order valence-corrected chi connectivity index (χ2v) is 4.72. The average Bonchev–Trinajstić information content (AvgIpc) is 2.68. The zero-order valence-electron chi connectivity index (χ0n) is 11.7. The number of anilines is 2. The Morgan fingerprint density at radius 3 is 2.89 bits per heavy atom. The van der Waals surface area contributed by atoms with Gasteiger partial charge >= 0.3 is 0 Å². The third-order valence-electron chi connectivity index (χ3n) is 3.15. The van der Waals surface area contributed by atoms with Crippen molar-refractivity contribution in [3.05, 3.63) is 35.8 Å². The average molecular weight is 259 g/mol. The zero-order chi connectivity index (χ0) is 13.8. The molecule has 5 heteroatoms. The van der Waals surface area contributed by atoms with Crippen LogP contribution in [0.2, 0.25) is 0 Å². The molecule has 0 saturated heterocycles. The van der Waals surface area contributed by atoms with Crippen molar-refractivity contribution in [1.82, 2.24) is 14.8 Å². The Labute approximate surface area is 113 Å². The van der Waals surface area contributed by atoms with Crippen molar-refractivity contribution in [2.45, 2.75) is 39.8 Å². The van der Waals surface area contributed by atoms with Crippen molar-refractivity contribution < 1.29 is 0 Å². The normalized spacial score (nSPS) is 12.4. The lowest BCUT2D eigenvalue weighted by Gasteiger charge is -2.17. The first-order valence-corrected chi connectivity index (χ1v) is 6.62. The summed E-state index contributed by atoms with van der Waals surface area (Å²) in [7, 11) is 0. The number of hydrogen-bond donors (Lipinski definition) is 2. The molecule has 0 aromatic carbocycles. The number of aryl methyl sites for hydroxylation is 2. The number of aromatic nitrogens is 3. The lowest BCUT2D eigenvalue weighted by atomic mass is 10.1. The van der Waals surface area contributed by atoms with Crippen molar-refractivity contribution in [1.29, 1.82) is 0 Å². The summed E-state index contributed by atoms with van der Waals surface area (Å²) in [6, 6.07) is 4.13. The molecule has 0 aliphatic heterocycles. The minimum Gasteiger partial charge on any atom is -0.394 e. The second kappa shape index (κ2) is 5.73. The maximum atomic E-state index is 6.10. The monoisotopic (exact) mass is 259 g/mol. The Morgan fingerprint density at radius 2 is 2.26 bits per heavy atom. The van der Waals surface area contributed by atoms with Gasteiger partial charge in [-0.2, -0.15) is 5.10 Å². The number of nitrogens with one attached hydrogen (secondary N) is 1. The fourth-order valence-corrected chi connectivity index (χ4v) is 2.04. The topological polar surface area (TPSA) is 68.8 Å². The Morgan fingerprint density at radius 1 is 1.47 bits per heavy atom. The Kier molecular flexibility index (Phi) is 4.04. The fraction of sp³-hybridized carbons (Fsp3) is 0.429. The summed E-state index contributed by atoms with van der Waals surface area (Å²) in [5, 5.41) is 7.90. The van der Waals surface area contributed by atoms with Gasteiger partial charge in [0.25, 0.3) is 0 Å². The summed E-state index contributed by atoms with van der Waals surface area (Å²) in [6.45, 7) is 7.01. The van der Waals surface area contributed by atoms with E-state index < -0.39 is 0 Å². The van der Waals surface area contributed by atoms with Gasteiger partial charge in [-0.3, -0.25) is 4.98 Å². The van der Waals surface area contributed by atoms with Crippen LogP contribution < -0.4 is 11.1 Å². The summed E-state index contributed by atoms with van der Waals surface area (Å²) in [5.74, 6) is 0.899.